The predicted octanol–water partition coefficient (Wildman–Crippen LogP) is 4.97. The molecule has 5 heteroatoms. The minimum absolute atomic E-state index is 0.0472. The molecule has 4 rings (SSSR count). The number of pyridine rings is 1. The Bertz CT molecular complexity index is 1140. The van der Waals surface area contributed by atoms with Crippen LogP contribution in [-0.4, -0.2) is 17.4 Å². The predicted molar refractivity (Wildman–Crippen MR) is 122 cm³/mol. The van der Waals surface area contributed by atoms with Crippen LogP contribution in [0.5, 0.6) is 0 Å². The average molecular weight is 423 g/mol. The van der Waals surface area contributed by atoms with E-state index in [1.807, 2.05) is 50.2 Å². The second kappa shape index (κ2) is 8.27. The fourth-order valence-electron chi connectivity index (χ4n) is 4.63. The summed E-state index contributed by atoms with van der Waals surface area (Å²) in [5, 5.41) is 4.79. The molecule has 1 aliphatic carbocycles. The number of carbonyl (C=O) groups is 1. The van der Waals surface area contributed by atoms with Crippen LogP contribution >= 0.6 is 11.6 Å². The van der Waals surface area contributed by atoms with Crippen LogP contribution in [0.25, 0.3) is 10.9 Å². The lowest BCUT2D eigenvalue weighted by Gasteiger charge is -2.28. The quantitative estimate of drug-likeness (QED) is 0.609. The summed E-state index contributed by atoms with van der Waals surface area (Å²) >= 11 is 6.04. The number of halogens is 1. The first-order valence-corrected chi connectivity index (χ1v) is 10.9. The van der Waals surface area contributed by atoms with Gasteiger partial charge in [0.05, 0.1) is 10.9 Å². The molecule has 156 valence electrons. The Hall–Kier alpha value is -2.59. The van der Waals surface area contributed by atoms with E-state index < -0.39 is 5.41 Å². The third-order valence-electron chi connectivity index (χ3n) is 6.60. The van der Waals surface area contributed by atoms with Crippen molar-refractivity contribution in [3.05, 3.63) is 80.1 Å². The summed E-state index contributed by atoms with van der Waals surface area (Å²) in [5.74, 6) is 0.0472. The van der Waals surface area contributed by atoms with Crippen molar-refractivity contribution in [1.82, 2.24) is 10.3 Å². The molecule has 1 fully saturated rings. The van der Waals surface area contributed by atoms with Gasteiger partial charge in [0.25, 0.3) is 5.56 Å². The van der Waals surface area contributed by atoms with Gasteiger partial charge in [-0.2, -0.15) is 0 Å². The van der Waals surface area contributed by atoms with Gasteiger partial charge in [0, 0.05) is 17.1 Å². The lowest BCUT2D eigenvalue weighted by molar-refractivity contribution is -0.126. The van der Waals surface area contributed by atoms with E-state index in [4.69, 9.17) is 11.6 Å². The maximum Gasteiger partial charge on any atom is 0.251 e. The summed E-state index contributed by atoms with van der Waals surface area (Å²) in [4.78, 5) is 28.8. The summed E-state index contributed by atoms with van der Waals surface area (Å²) in [5.41, 5.74) is 4.28. The molecule has 0 radical (unpaired) electrons. The van der Waals surface area contributed by atoms with E-state index >= 15 is 0 Å². The molecule has 0 unspecified atom stereocenters. The first-order valence-electron chi connectivity index (χ1n) is 10.6. The minimum Gasteiger partial charge on any atom is -0.355 e. The smallest absolute Gasteiger partial charge is 0.251 e. The van der Waals surface area contributed by atoms with Crippen molar-refractivity contribution in [1.29, 1.82) is 0 Å². The van der Waals surface area contributed by atoms with Crippen molar-refractivity contribution in [3.63, 3.8) is 0 Å². The highest BCUT2D eigenvalue weighted by molar-refractivity contribution is 6.30. The molecule has 0 bridgehead atoms. The summed E-state index contributed by atoms with van der Waals surface area (Å²) < 4.78 is 0. The van der Waals surface area contributed by atoms with Gasteiger partial charge in [0.1, 0.15) is 0 Å². The van der Waals surface area contributed by atoms with Gasteiger partial charge in [-0.05, 0) is 73.4 Å². The summed E-state index contributed by atoms with van der Waals surface area (Å²) in [6, 6.07) is 13.7. The number of H-pyrrole nitrogens is 1. The summed E-state index contributed by atoms with van der Waals surface area (Å²) in [7, 11) is 0. The fourth-order valence-corrected chi connectivity index (χ4v) is 4.76. The van der Waals surface area contributed by atoms with Crippen LogP contribution in [0.2, 0.25) is 5.02 Å². The van der Waals surface area contributed by atoms with Crippen LogP contribution in [0.1, 0.15) is 47.9 Å². The van der Waals surface area contributed by atoms with Gasteiger partial charge in [-0.3, -0.25) is 9.59 Å². The van der Waals surface area contributed by atoms with Crippen molar-refractivity contribution < 1.29 is 4.79 Å². The Kier molecular flexibility index (Phi) is 5.70. The fraction of sp³-hybridized carbons (Fsp3) is 0.360. The van der Waals surface area contributed by atoms with E-state index in [1.165, 1.54) is 0 Å². The molecule has 1 amide bonds. The maximum atomic E-state index is 13.2. The number of aromatic amines is 1. The van der Waals surface area contributed by atoms with E-state index in [2.05, 4.69) is 16.4 Å². The number of fused-ring (bicyclic) bond motifs is 1. The third kappa shape index (κ3) is 3.77. The standard InChI is InChI=1S/C25H27ClN2O2/c1-16-5-6-18-15-19(23(29)28-22(18)17(16)2)11-14-27-24(30)25(12-3-4-13-25)20-7-9-21(26)10-8-20/h5-10,15H,3-4,11-14H2,1-2H3,(H,27,30)(H,28,29). The highest BCUT2D eigenvalue weighted by Gasteiger charge is 2.42. The normalized spacial score (nSPS) is 15.4. The molecule has 0 spiro atoms. The topological polar surface area (TPSA) is 62.0 Å². The van der Waals surface area contributed by atoms with E-state index in [9.17, 15) is 9.59 Å². The highest BCUT2D eigenvalue weighted by Crippen LogP contribution is 2.41. The van der Waals surface area contributed by atoms with Crippen LogP contribution in [0.3, 0.4) is 0 Å². The number of amides is 1. The Morgan fingerprint density at radius 1 is 1.10 bits per heavy atom. The Balaban J connectivity index is 1.50. The zero-order valence-corrected chi connectivity index (χ0v) is 18.2. The number of aromatic nitrogens is 1. The third-order valence-corrected chi connectivity index (χ3v) is 6.85. The van der Waals surface area contributed by atoms with Crippen molar-refractivity contribution in [3.8, 4) is 0 Å². The van der Waals surface area contributed by atoms with E-state index in [-0.39, 0.29) is 11.5 Å². The molecular formula is C25H27ClN2O2. The molecule has 2 N–H and O–H groups in total. The largest absolute Gasteiger partial charge is 0.355 e. The molecule has 2 aromatic carbocycles. The lowest BCUT2D eigenvalue weighted by Crippen LogP contribution is -2.43. The number of rotatable bonds is 5. The van der Waals surface area contributed by atoms with Crippen LogP contribution < -0.4 is 10.9 Å². The Labute approximate surface area is 181 Å². The first kappa shape index (κ1) is 20.7. The maximum absolute atomic E-state index is 13.2. The van der Waals surface area contributed by atoms with Gasteiger partial charge in [0.2, 0.25) is 5.91 Å². The number of carbonyl (C=O) groups excluding carboxylic acids is 1. The molecule has 0 saturated heterocycles. The van der Waals surface area contributed by atoms with Crippen LogP contribution in [-0.2, 0) is 16.6 Å². The molecular weight excluding hydrogens is 396 g/mol. The molecule has 3 aromatic rings. The van der Waals surface area contributed by atoms with Gasteiger partial charge in [-0.15, -0.1) is 0 Å². The van der Waals surface area contributed by atoms with E-state index in [0.717, 1.165) is 53.3 Å². The van der Waals surface area contributed by atoms with Gasteiger partial charge in [-0.25, -0.2) is 0 Å². The van der Waals surface area contributed by atoms with Crippen LogP contribution in [0.15, 0.2) is 47.3 Å². The van der Waals surface area contributed by atoms with Crippen molar-refractivity contribution in [2.75, 3.05) is 6.54 Å². The van der Waals surface area contributed by atoms with Crippen molar-refractivity contribution >= 4 is 28.4 Å². The number of nitrogens with one attached hydrogen (secondary N) is 2. The Morgan fingerprint density at radius 3 is 2.50 bits per heavy atom. The SMILES string of the molecule is Cc1ccc2cc(CCNC(=O)C3(c4ccc(Cl)cc4)CCCC3)c(=O)[nH]c2c1C. The van der Waals surface area contributed by atoms with Crippen molar-refractivity contribution in [2.24, 2.45) is 0 Å². The number of aryl methyl sites for hydroxylation is 2. The lowest BCUT2D eigenvalue weighted by atomic mass is 9.78. The van der Waals surface area contributed by atoms with Gasteiger partial charge < -0.3 is 10.3 Å². The van der Waals surface area contributed by atoms with Crippen molar-refractivity contribution in [2.45, 2.75) is 51.4 Å². The summed E-state index contributed by atoms with van der Waals surface area (Å²) in [6.45, 7) is 4.50. The molecule has 0 aliphatic heterocycles. The van der Waals surface area contributed by atoms with Crippen LogP contribution in [0.4, 0.5) is 0 Å². The summed E-state index contributed by atoms with van der Waals surface area (Å²) in [6.07, 6.45) is 4.27. The monoisotopic (exact) mass is 422 g/mol. The molecule has 30 heavy (non-hydrogen) atoms. The minimum atomic E-state index is -0.491. The van der Waals surface area contributed by atoms with Gasteiger partial charge >= 0.3 is 0 Å². The average Bonchev–Trinajstić information content (AvgIpc) is 3.23. The first-order chi connectivity index (χ1) is 14.4. The molecule has 4 nitrogen and oxygen atoms in total. The zero-order chi connectivity index (χ0) is 21.3. The molecule has 1 aliphatic rings. The number of benzene rings is 2. The molecule has 1 heterocycles. The molecule has 1 saturated carbocycles. The van der Waals surface area contributed by atoms with Crippen LogP contribution in [0, 0.1) is 13.8 Å². The second-order valence-corrected chi connectivity index (χ2v) is 8.83. The molecule has 0 atom stereocenters. The molecule has 1 aromatic heterocycles. The van der Waals surface area contributed by atoms with E-state index in [1.54, 1.807) is 0 Å². The van der Waals surface area contributed by atoms with Gasteiger partial charge in [-0.1, -0.05) is 48.7 Å². The zero-order valence-electron chi connectivity index (χ0n) is 17.5. The van der Waals surface area contributed by atoms with Gasteiger partial charge in [0.15, 0.2) is 0 Å². The second-order valence-electron chi connectivity index (χ2n) is 8.40. The number of hydrogen-bond acceptors (Lipinski definition) is 2. The van der Waals surface area contributed by atoms with E-state index in [0.29, 0.717) is 23.6 Å². The number of hydrogen-bond donors (Lipinski definition) is 2. The Morgan fingerprint density at radius 2 is 1.80 bits per heavy atom. The highest BCUT2D eigenvalue weighted by atomic mass is 35.5.